The average molecular weight is 176 g/mol. The minimum Gasteiger partial charge on any atom is -0.359 e. The van der Waals surface area contributed by atoms with Gasteiger partial charge in [0, 0.05) is 30.8 Å². The molecular weight excluding hydrogens is 168 g/mol. The number of nitrogens with two attached hydrogens (primary N) is 1. The van der Waals surface area contributed by atoms with E-state index in [0.29, 0.717) is 5.56 Å². The molecule has 1 amide bonds. The molecular formula is C9H8N2O2. The maximum Gasteiger partial charge on any atom is 0.293 e. The highest BCUT2D eigenvalue weighted by Crippen LogP contribution is 1.90. The van der Waals surface area contributed by atoms with Crippen molar-refractivity contribution in [3.05, 3.63) is 34.2 Å². The second kappa shape index (κ2) is 3.59. The van der Waals surface area contributed by atoms with Crippen LogP contribution in [0.3, 0.4) is 0 Å². The smallest absolute Gasteiger partial charge is 0.293 e. The van der Waals surface area contributed by atoms with Crippen LogP contribution in [0.25, 0.3) is 0 Å². The van der Waals surface area contributed by atoms with Crippen molar-refractivity contribution >= 4 is 5.91 Å². The van der Waals surface area contributed by atoms with Gasteiger partial charge in [0.1, 0.15) is 0 Å². The number of carbonyl (C=O) groups is 1. The van der Waals surface area contributed by atoms with Crippen LogP contribution >= 0.6 is 0 Å². The Bertz CT molecular complexity index is 449. The van der Waals surface area contributed by atoms with Gasteiger partial charge in [-0.25, -0.2) is 0 Å². The summed E-state index contributed by atoms with van der Waals surface area (Å²) in [5.41, 5.74) is 5.29. The number of hydrogen-bond acceptors (Lipinski definition) is 2. The molecule has 0 unspecified atom stereocenters. The fourth-order valence-electron chi connectivity index (χ4n) is 0.802. The zero-order valence-electron chi connectivity index (χ0n) is 7.07. The molecule has 0 aliphatic rings. The first kappa shape index (κ1) is 9.07. The second-order valence-corrected chi connectivity index (χ2v) is 2.48. The zero-order valence-corrected chi connectivity index (χ0v) is 7.07. The van der Waals surface area contributed by atoms with Crippen LogP contribution < -0.4 is 11.3 Å². The van der Waals surface area contributed by atoms with E-state index in [2.05, 4.69) is 11.8 Å². The van der Waals surface area contributed by atoms with Crippen LogP contribution in [0.1, 0.15) is 5.56 Å². The van der Waals surface area contributed by atoms with Gasteiger partial charge in [-0.15, -0.1) is 0 Å². The minimum absolute atomic E-state index is 0.121. The number of carbonyl (C=O) groups excluding carboxylic acids is 1. The number of pyridine rings is 1. The van der Waals surface area contributed by atoms with E-state index in [9.17, 15) is 9.59 Å². The summed E-state index contributed by atoms with van der Waals surface area (Å²) in [7, 11) is 1.61. The molecule has 4 nitrogen and oxygen atoms in total. The van der Waals surface area contributed by atoms with Gasteiger partial charge in [-0.1, -0.05) is 5.92 Å². The number of amides is 1. The van der Waals surface area contributed by atoms with E-state index in [1.165, 1.54) is 22.9 Å². The molecule has 66 valence electrons. The van der Waals surface area contributed by atoms with E-state index >= 15 is 0 Å². The second-order valence-electron chi connectivity index (χ2n) is 2.48. The molecule has 13 heavy (non-hydrogen) atoms. The molecule has 1 aromatic heterocycles. The highest BCUT2D eigenvalue weighted by atomic mass is 16.1. The third-order valence-corrected chi connectivity index (χ3v) is 1.42. The molecule has 0 saturated carbocycles. The van der Waals surface area contributed by atoms with E-state index in [-0.39, 0.29) is 5.56 Å². The van der Waals surface area contributed by atoms with Crippen LogP contribution in [0.15, 0.2) is 23.1 Å². The first-order chi connectivity index (χ1) is 6.09. The summed E-state index contributed by atoms with van der Waals surface area (Å²) in [6, 6.07) is 2.92. The Labute approximate surface area is 75.0 Å². The normalized spacial score (nSPS) is 8.69. The molecule has 0 fully saturated rings. The summed E-state index contributed by atoms with van der Waals surface area (Å²) in [6.07, 6.45) is 1.54. The summed E-state index contributed by atoms with van der Waals surface area (Å²) < 4.78 is 1.38. The van der Waals surface area contributed by atoms with Crippen LogP contribution in [-0.2, 0) is 11.8 Å². The Kier molecular flexibility index (Phi) is 2.50. The third kappa shape index (κ3) is 2.49. The fourth-order valence-corrected chi connectivity index (χ4v) is 0.802. The van der Waals surface area contributed by atoms with Gasteiger partial charge < -0.3 is 10.3 Å². The molecule has 2 N–H and O–H groups in total. The Morgan fingerprint density at radius 2 is 2.23 bits per heavy atom. The Morgan fingerprint density at radius 1 is 1.54 bits per heavy atom. The summed E-state index contributed by atoms with van der Waals surface area (Å²) in [5.74, 6) is 4.02. The topological polar surface area (TPSA) is 65.1 Å². The first-order valence-electron chi connectivity index (χ1n) is 3.58. The molecule has 1 heterocycles. The Balaban J connectivity index is 3.07. The molecule has 0 spiro atoms. The Morgan fingerprint density at radius 3 is 2.77 bits per heavy atom. The number of aryl methyl sites for hydroxylation is 1. The number of rotatable bonds is 0. The maximum absolute atomic E-state index is 10.9. The van der Waals surface area contributed by atoms with E-state index in [0.717, 1.165) is 0 Å². The van der Waals surface area contributed by atoms with Crippen LogP contribution in [0.2, 0.25) is 0 Å². The SMILES string of the molecule is Cn1cc(C#CC(N)=O)ccc1=O. The summed E-state index contributed by atoms with van der Waals surface area (Å²) in [5, 5.41) is 0. The van der Waals surface area contributed by atoms with E-state index in [4.69, 9.17) is 5.73 Å². The zero-order chi connectivity index (χ0) is 9.84. The summed E-state index contributed by atoms with van der Waals surface area (Å²) >= 11 is 0. The molecule has 0 aliphatic heterocycles. The highest BCUT2D eigenvalue weighted by Gasteiger charge is 1.90. The van der Waals surface area contributed by atoms with Gasteiger partial charge in [0.05, 0.1) is 0 Å². The molecule has 4 heteroatoms. The van der Waals surface area contributed by atoms with Crippen molar-refractivity contribution in [1.82, 2.24) is 4.57 Å². The summed E-state index contributed by atoms with van der Waals surface area (Å²) in [4.78, 5) is 21.2. The lowest BCUT2D eigenvalue weighted by Gasteiger charge is -1.94. The lowest BCUT2D eigenvalue weighted by atomic mass is 10.3. The van der Waals surface area contributed by atoms with Crippen molar-refractivity contribution in [1.29, 1.82) is 0 Å². The largest absolute Gasteiger partial charge is 0.359 e. The van der Waals surface area contributed by atoms with Crippen molar-refractivity contribution in [2.75, 3.05) is 0 Å². The van der Waals surface area contributed by atoms with Crippen LogP contribution in [0.4, 0.5) is 0 Å². The molecule has 0 radical (unpaired) electrons. The molecule has 1 aromatic rings. The van der Waals surface area contributed by atoms with Crippen molar-refractivity contribution in [2.24, 2.45) is 12.8 Å². The van der Waals surface area contributed by atoms with E-state index < -0.39 is 5.91 Å². The van der Waals surface area contributed by atoms with E-state index in [1.807, 2.05) is 0 Å². The standard InChI is InChI=1S/C9H8N2O2/c1-11-6-7(2-4-8(10)12)3-5-9(11)13/h3,5-6H,1H3,(H2,10,12). The van der Waals surface area contributed by atoms with Gasteiger partial charge in [-0.3, -0.25) is 9.59 Å². The molecule has 1 rings (SSSR count). The predicted molar refractivity (Wildman–Crippen MR) is 47.8 cm³/mol. The van der Waals surface area contributed by atoms with Crippen molar-refractivity contribution in [3.8, 4) is 11.8 Å². The molecule has 0 aliphatic carbocycles. The van der Waals surface area contributed by atoms with Crippen LogP contribution in [0.5, 0.6) is 0 Å². The van der Waals surface area contributed by atoms with Crippen LogP contribution in [-0.4, -0.2) is 10.5 Å². The lowest BCUT2D eigenvalue weighted by Crippen LogP contribution is -2.14. The average Bonchev–Trinajstić information content (AvgIpc) is 2.07. The van der Waals surface area contributed by atoms with Crippen molar-refractivity contribution in [2.45, 2.75) is 0 Å². The summed E-state index contributed by atoms with van der Waals surface area (Å²) in [6.45, 7) is 0. The first-order valence-corrected chi connectivity index (χ1v) is 3.58. The van der Waals surface area contributed by atoms with Crippen molar-refractivity contribution in [3.63, 3.8) is 0 Å². The van der Waals surface area contributed by atoms with Gasteiger partial charge in [-0.05, 0) is 6.07 Å². The van der Waals surface area contributed by atoms with Crippen molar-refractivity contribution < 1.29 is 4.79 Å². The molecule has 0 saturated heterocycles. The van der Waals surface area contributed by atoms with Gasteiger partial charge in [0.15, 0.2) is 0 Å². The maximum atomic E-state index is 10.9. The number of hydrogen-bond donors (Lipinski definition) is 1. The van der Waals surface area contributed by atoms with Gasteiger partial charge in [0.25, 0.3) is 5.91 Å². The van der Waals surface area contributed by atoms with Gasteiger partial charge in [-0.2, -0.15) is 0 Å². The lowest BCUT2D eigenvalue weighted by molar-refractivity contribution is -0.112. The Hall–Kier alpha value is -2.02. The predicted octanol–water partition coefficient (Wildman–Crippen LogP) is -0.778. The highest BCUT2D eigenvalue weighted by molar-refractivity contribution is 5.92. The van der Waals surface area contributed by atoms with Gasteiger partial charge in [0.2, 0.25) is 5.56 Å². The molecule has 0 atom stereocenters. The third-order valence-electron chi connectivity index (χ3n) is 1.42. The quantitative estimate of drug-likeness (QED) is 0.527. The molecule has 0 bridgehead atoms. The van der Waals surface area contributed by atoms with Crippen LogP contribution in [0, 0.1) is 11.8 Å². The number of primary amides is 1. The molecule has 0 aromatic carbocycles. The number of nitrogens with zero attached hydrogens (tertiary/aromatic N) is 1. The fraction of sp³-hybridized carbons (Fsp3) is 0.111. The number of aromatic nitrogens is 1. The van der Waals surface area contributed by atoms with Gasteiger partial charge >= 0.3 is 0 Å². The van der Waals surface area contributed by atoms with E-state index in [1.54, 1.807) is 7.05 Å². The monoisotopic (exact) mass is 176 g/mol. The minimum atomic E-state index is -0.686.